The number of carbonyl (C=O) groups is 6. The van der Waals surface area contributed by atoms with Crippen LogP contribution < -0.4 is 28.8 Å². The average Bonchev–Trinajstić information content (AvgIpc) is 1.55. The van der Waals surface area contributed by atoms with E-state index in [-0.39, 0.29) is 143 Å². The van der Waals surface area contributed by atoms with E-state index in [0.29, 0.717) is 24.3 Å². The molecular weight excluding hydrogens is 1360 g/mol. The zero-order valence-electron chi connectivity index (χ0n) is 52.7. The molecule has 34 heteroatoms. The van der Waals surface area contributed by atoms with Gasteiger partial charge in [0.2, 0.25) is 11.8 Å². The lowest BCUT2D eigenvalue weighted by molar-refractivity contribution is -0.164. The topological polar surface area (TPSA) is 371 Å². The van der Waals surface area contributed by atoms with Crippen molar-refractivity contribution in [3.63, 3.8) is 0 Å². The highest BCUT2D eigenvalue weighted by Crippen LogP contribution is 2.58. The standard InChI is InChI=1S/C28H34NO8PSi.C22H32N4O8S2.C9H17N3O4S2.3CH4/c1-7-18-33-28(31)25-26(19(2)24-23(27(30)29(24)25)20(3)37-39(4,5)6)36-38(32,34-21-14-10-8-11-15-21)35-22-16-12-9-13-17-22;1-5-7-33-21(29)18-19(12(3)17-16(13(4)27)20(28)26(17)18)35-15-9-14(10-24-36(23,31)32)25(11-15)22(30)34-8-6-2;1-2-3-16-9(13)12-6-8(17)4-7(12)5-11-18(10,14)15;;;/h7-17,19-20,23-24H,1,18H2,2-6H3;5-6,12-17,24,27H,1-2,7-11H2,3-4H3,(H2,23,31,32);2,7-8,11,17H,1,3-6H2,(H2,10,14,15);3*1H4/t19-,20-,23-,24-;12-,13-,14+,15+,16-,17-;7-,8-;;;/m110.../s1. The number of para-hydroxylation sites is 2. The third-order valence-corrected chi connectivity index (χ3v) is 20.5. The average molecular weight is 1460 g/mol. The summed E-state index contributed by atoms with van der Waals surface area (Å²) in [6.07, 6.45) is 4.27. The Balaban J connectivity index is 0.000000392. The van der Waals surface area contributed by atoms with Gasteiger partial charge >= 0.3 is 31.9 Å². The summed E-state index contributed by atoms with van der Waals surface area (Å²) < 4.78 is 107. The quantitative estimate of drug-likeness (QED) is 0.00919. The summed E-state index contributed by atoms with van der Waals surface area (Å²) >= 11 is 5.62. The van der Waals surface area contributed by atoms with Crippen molar-refractivity contribution in [2.24, 2.45) is 33.9 Å². The molecule has 0 aliphatic carbocycles. The number of thiol groups is 1. The second kappa shape index (κ2) is 36.4. The predicted octanol–water partition coefficient (Wildman–Crippen LogP) is 7.39. The van der Waals surface area contributed by atoms with Crippen LogP contribution in [0.4, 0.5) is 9.59 Å². The molecule has 0 unspecified atom stereocenters. The third-order valence-electron chi connectivity index (χ3n) is 15.1. The normalized spacial score (nSPS) is 23.9. The smallest absolute Gasteiger partial charge is 0.457 e. The number of hydrogen-bond donors (Lipinski definition) is 6. The fourth-order valence-corrected chi connectivity index (χ4v) is 16.9. The molecule has 7 N–H and O–H groups in total. The van der Waals surface area contributed by atoms with Crippen LogP contribution in [0.3, 0.4) is 0 Å². The minimum absolute atomic E-state index is 0. The van der Waals surface area contributed by atoms with E-state index in [9.17, 15) is 55.3 Å². The number of ether oxygens (including phenoxy) is 4. The van der Waals surface area contributed by atoms with Gasteiger partial charge in [-0.25, -0.2) is 38.9 Å². The number of hydrogen-bond acceptors (Lipinski definition) is 22. The molecule has 4 saturated heterocycles. The first-order valence-corrected chi connectivity index (χ1v) is 38.9. The summed E-state index contributed by atoms with van der Waals surface area (Å²) in [5.41, 5.74) is 0.0116. The van der Waals surface area contributed by atoms with E-state index in [4.69, 9.17) is 47.2 Å². The second-order valence-corrected chi connectivity index (χ2v) is 34.0. The van der Waals surface area contributed by atoms with Crippen molar-refractivity contribution in [3.8, 4) is 11.5 Å². The Hall–Kier alpha value is -6.49. The molecule has 6 aliphatic heterocycles. The van der Waals surface area contributed by atoms with E-state index < -0.39 is 96.6 Å². The predicted molar refractivity (Wildman–Crippen MR) is 371 cm³/mol. The van der Waals surface area contributed by atoms with Crippen LogP contribution >= 0.6 is 32.2 Å². The minimum Gasteiger partial charge on any atom is -0.457 e. The summed E-state index contributed by atoms with van der Waals surface area (Å²) in [5.74, 6) is -3.56. The number of likely N-dealkylation sites (tertiary alicyclic amines) is 2. The number of rotatable bonds is 28. The number of phosphoric ester groups is 1. The molecule has 2 aromatic rings. The van der Waals surface area contributed by atoms with Gasteiger partial charge < -0.3 is 56.8 Å². The Morgan fingerprint density at radius 1 is 0.677 bits per heavy atom. The number of nitrogens with two attached hydrogens (primary N) is 2. The molecule has 0 aromatic heterocycles. The fourth-order valence-electron chi connectivity index (χ4n) is 11.4. The van der Waals surface area contributed by atoms with E-state index in [2.05, 4.69) is 48.4 Å². The molecule has 4 amide bonds. The van der Waals surface area contributed by atoms with Crippen LogP contribution in [-0.4, -0.2) is 185 Å². The van der Waals surface area contributed by atoms with E-state index in [1.165, 1.54) is 55.7 Å². The number of phosphoric acid groups is 1. The molecule has 6 heterocycles. The van der Waals surface area contributed by atoms with Gasteiger partial charge in [-0.3, -0.25) is 14.5 Å². The molecule has 96 heavy (non-hydrogen) atoms. The molecule has 4 fully saturated rings. The van der Waals surface area contributed by atoms with E-state index in [0.717, 1.165) is 0 Å². The van der Waals surface area contributed by atoms with E-state index in [1.807, 2.05) is 33.5 Å². The number of carbonyl (C=O) groups excluding carboxylic acids is 6. The molecule has 0 spiro atoms. The van der Waals surface area contributed by atoms with Crippen molar-refractivity contribution in [1.82, 2.24) is 29.0 Å². The molecule has 8 rings (SSSR count). The van der Waals surface area contributed by atoms with Crippen molar-refractivity contribution < 1.29 is 92.2 Å². The number of esters is 2. The highest BCUT2D eigenvalue weighted by Gasteiger charge is 2.63. The Morgan fingerprint density at radius 2 is 1.09 bits per heavy atom. The highest BCUT2D eigenvalue weighted by atomic mass is 32.2. The number of nitrogens with zero attached hydrogens (tertiary/aromatic N) is 4. The number of β-lactam (4-membered cyclic amide) rings is 2. The number of amides is 4. The van der Waals surface area contributed by atoms with Gasteiger partial charge in [-0.15, -0.1) is 11.8 Å². The molecule has 536 valence electrons. The molecule has 0 saturated carbocycles. The summed E-state index contributed by atoms with van der Waals surface area (Å²) in [7, 11) is -14.1. The van der Waals surface area contributed by atoms with Crippen molar-refractivity contribution in [2.45, 2.75) is 129 Å². The van der Waals surface area contributed by atoms with Gasteiger partial charge in [-0.2, -0.15) is 34.0 Å². The number of nitrogens with one attached hydrogen (secondary N) is 2. The lowest BCUT2D eigenvalue weighted by Crippen LogP contribution is -2.64. The van der Waals surface area contributed by atoms with Crippen LogP contribution in [0, 0.1) is 23.7 Å². The second-order valence-electron chi connectivity index (χ2n) is 23.2. The zero-order chi connectivity index (χ0) is 68.9. The Kier molecular flexibility index (Phi) is 31.7. The highest BCUT2D eigenvalue weighted by molar-refractivity contribution is 8.03. The first-order chi connectivity index (χ1) is 43.7. The van der Waals surface area contributed by atoms with Gasteiger partial charge in [0, 0.05) is 65.5 Å². The maximum absolute atomic E-state index is 14.2. The van der Waals surface area contributed by atoms with Crippen molar-refractivity contribution in [3.05, 3.63) is 133 Å². The van der Waals surface area contributed by atoms with Gasteiger partial charge in [-0.1, -0.05) is 123 Å². The first kappa shape index (κ1) is 83.7. The number of aliphatic hydroxyl groups excluding tert-OH is 1. The maximum Gasteiger partial charge on any atom is 0.646 e. The zero-order valence-corrected chi connectivity index (χ0v) is 57.9. The van der Waals surface area contributed by atoms with Crippen molar-refractivity contribution >= 4 is 96.9 Å². The van der Waals surface area contributed by atoms with Gasteiger partial charge in [0.05, 0.1) is 36.1 Å². The van der Waals surface area contributed by atoms with Gasteiger partial charge in [0.15, 0.2) is 14.0 Å². The number of thioether (sulfide) groups is 1. The number of benzene rings is 2. The van der Waals surface area contributed by atoms with Crippen LogP contribution in [0.5, 0.6) is 11.5 Å². The molecule has 28 nitrogen and oxygen atoms in total. The van der Waals surface area contributed by atoms with Crippen LogP contribution in [-0.2, 0) is 72.1 Å². The lowest BCUT2D eigenvalue weighted by Gasteiger charge is -2.48. The van der Waals surface area contributed by atoms with Crippen LogP contribution in [0.25, 0.3) is 0 Å². The molecule has 6 aliphatic rings. The monoisotopic (exact) mass is 1460 g/mol. The summed E-state index contributed by atoms with van der Waals surface area (Å²) in [6.45, 7) is 27.9. The van der Waals surface area contributed by atoms with E-state index >= 15 is 0 Å². The summed E-state index contributed by atoms with van der Waals surface area (Å²) in [5, 5.41) is 19.8. The molecule has 0 radical (unpaired) electrons. The van der Waals surface area contributed by atoms with E-state index in [1.54, 1.807) is 74.5 Å². The molecule has 0 bridgehead atoms. The van der Waals surface area contributed by atoms with Crippen molar-refractivity contribution in [1.29, 1.82) is 0 Å². The number of fused-ring (bicyclic) bond motifs is 2. The molecular formula is C62H95N8O20PS4Si. The van der Waals surface area contributed by atoms with Gasteiger partial charge in [-0.05, 0) is 70.6 Å². The molecule has 2 aromatic carbocycles. The minimum atomic E-state index is -4.42. The van der Waals surface area contributed by atoms with Crippen molar-refractivity contribution in [2.75, 3.05) is 52.6 Å². The Morgan fingerprint density at radius 3 is 1.54 bits per heavy atom. The SMILES string of the molecule is C.C.C.C=CCOC(=O)C1=C(OP(=O)(Oc2ccccc2)Oc2ccccc2)[C@H](C)[C@@H]2[C@@H]([C@@H](C)O[Si](C)(C)C)C(=O)N12.C=CCOC(=O)C1=C(S[C@H]2C[C@@H](CNS(N)(=O)=O)N(C(=O)OCC=C)C2)[C@H](C)[C@@H]2[C@@H]([C@@H](C)O)C(=O)N12.C=CCOC(=O)N1C[C@@H](S)C[C@H]1CNS(N)(=O)=O. The lowest BCUT2D eigenvalue weighted by atomic mass is 9.79. The van der Waals surface area contributed by atoms with Gasteiger partial charge in [0.1, 0.15) is 49.4 Å². The first-order valence-electron chi connectivity index (χ1n) is 29.5. The maximum atomic E-state index is 14.2. The largest absolute Gasteiger partial charge is 0.646 e. The van der Waals surface area contributed by atoms with Crippen LogP contribution in [0.1, 0.15) is 62.8 Å². The summed E-state index contributed by atoms with van der Waals surface area (Å²) in [4.78, 5) is 82.9. The number of aliphatic hydroxyl groups is 1. The fraction of sp³-hybridized carbons (Fsp3) is 0.516. The Labute approximate surface area is 575 Å². The van der Waals surface area contributed by atoms with Crippen LogP contribution in [0.15, 0.2) is 133 Å². The van der Waals surface area contributed by atoms with Crippen LogP contribution in [0.2, 0.25) is 19.6 Å². The third kappa shape index (κ3) is 21.8. The van der Waals surface area contributed by atoms with Gasteiger partial charge in [0.25, 0.3) is 20.4 Å². The summed E-state index contributed by atoms with van der Waals surface area (Å²) in [6, 6.07) is 15.2. The molecule has 12 atom stereocenters. The Bertz CT molecular complexity index is 3390.